The number of aromatic amines is 1. The first-order valence-corrected chi connectivity index (χ1v) is 9.30. The molecule has 0 fully saturated rings. The van der Waals surface area contributed by atoms with Crippen molar-refractivity contribution in [2.75, 3.05) is 7.11 Å². The Morgan fingerprint density at radius 1 is 1.23 bits per heavy atom. The van der Waals surface area contributed by atoms with E-state index in [9.17, 15) is 9.59 Å². The van der Waals surface area contributed by atoms with Crippen molar-refractivity contribution in [1.82, 2.24) is 10.3 Å². The Bertz CT molecular complexity index is 842. The van der Waals surface area contributed by atoms with Crippen LogP contribution in [-0.2, 0) is 0 Å². The van der Waals surface area contributed by atoms with E-state index >= 15 is 0 Å². The van der Waals surface area contributed by atoms with E-state index in [2.05, 4.69) is 26.2 Å². The number of halogens is 1. The molecule has 0 radical (unpaired) electrons. The predicted octanol–water partition coefficient (Wildman–Crippen LogP) is 4.53. The summed E-state index contributed by atoms with van der Waals surface area (Å²) in [6.07, 6.45) is 0. The smallest absolute Gasteiger partial charge is 0.195 e. The molecule has 0 unspecified atom stereocenters. The largest absolute Gasteiger partial charge is 0.496 e. The van der Waals surface area contributed by atoms with Crippen molar-refractivity contribution in [3.05, 3.63) is 50.8 Å². The van der Waals surface area contributed by atoms with Gasteiger partial charge in [0.2, 0.25) is 0 Å². The van der Waals surface area contributed by atoms with Crippen LogP contribution in [-0.4, -0.2) is 29.7 Å². The molecule has 2 N–H and O–H groups in total. The molecule has 0 saturated heterocycles. The van der Waals surface area contributed by atoms with Crippen molar-refractivity contribution < 1.29 is 14.3 Å². The first-order valence-electron chi connectivity index (χ1n) is 8.51. The molecule has 0 saturated carbocycles. The Hall–Kier alpha value is -1.92. The minimum atomic E-state index is -0.401. The summed E-state index contributed by atoms with van der Waals surface area (Å²) in [6.45, 7) is 8.98. The van der Waals surface area contributed by atoms with Crippen molar-refractivity contribution in [3.63, 3.8) is 0 Å². The summed E-state index contributed by atoms with van der Waals surface area (Å²) >= 11 is 3.48. The van der Waals surface area contributed by atoms with Gasteiger partial charge >= 0.3 is 0 Å². The topological polar surface area (TPSA) is 71.2 Å². The van der Waals surface area contributed by atoms with Crippen molar-refractivity contribution in [2.24, 2.45) is 0 Å². The molecule has 0 spiro atoms. The third kappa shape index (κ3) is 4.07. The molecule has 0 amide bonds. The average Bonchev–Trinajstić information content (AvgIpc) is 2.88. The number of carbonyl (C=O) groups is 2. The van der Waals surface area contributed by atoms with Gasteiger partial charge in [-0.05, 0) is 73.8 Å². The second-order valence-corrected chi connectivity index (χ2v) is 7.40. The third-order valence-corrected chi connectivity index (χ3v) is 5.22. The Balaban J connectivity index is 2.18. The zero-order valence-corrected chi connectivity index (χ0v) is 17.6. The Morgan fingerprint density at radius 2 is 1.88 bits per heavy atom. The fourth-order valence-corrected chi connectivity index (χ4v) is 3.80. The third-order valence-electron chi connectivity index (χ3n) is 4.61. The number of hydrogen-bond donors (Lipinski definition) is 2. The van der Waals surface area contributed by atoms with Gasteiger partial charge in [0, 0.05) is 17.3 Å². The molecular weight excluding hydrogens is 396 g/mol. The highest BCUT2D eigenvalue weighted by Gasteiger charge is 2.24. The zero-order chi connectivity index (χ0) is 19.6. The van der Waals surface area contributed by atoms with Gasteiger partial charge < -0.3 is 15.0 Å². The zero-order valence-electron chi connectivity index (χ0n) is 16.0. The lowest BCUT2D eigenvalue weighted by molar-refractivity contribution is 0.0940. The number of ketones is 2. The Labute approximate surface area is 162 Å². The lowest BCUT2D eigenvalue weighted by atomic mass is 10.0. The summed E-state index contributed by atoms with van der Waals surface area (Å²) < 4.78 is 6.12. The highest BCUT2D eigenvalue weighted by molar-refractivity contribution is 9.10. The normalized spacial score (nSPS) is 13.3. The van der Waals surface area contributed by atoms with Crippen LogP contribution in [0, 0.1) is 13.8 Å². The van der Waals surface area contributed by atoms with Crippen molar-refractivity contribution >= 4 is 27.5 Å². The van der Waals surface area contributed by atoms with Crippen LogP contribution in [0.4, 0.5) is 0 Å². The van der Waals surface area contributed by atoms with Gasteiger partial charge in [0.1, 0.15) is 5.75 Å². The van der Waals surface area contributed by atoms with E-state index in [1.54, 1.807) is 7.11 Å². The van der Waals surface area contributed by atoms with Gasteiger partial charge in [-0.2, -0.15) is 0 Å². The molecule has 5 nitrogen and oxygen atoms in total. The number of aryl methyl sites for hydroxylation is 1. The van der Waals surface area contributed by atoms with Crippen LogP contribution >= 0.6 is 15.9 Å². The molecule has 1 aromatic carbocycles. The number of carbonyl (C=O) groups excluding carboxylic acids is 2. The van der Waals surface area contributed by atoms with Crippen LogP contribution < -0.4 is 10.1 Å². The molecule has 6 heteroatoms. The van der Waals surface area contributed by atoms with Crippen molar-refractivity contribution in [1.29, 1.82) is 0 Å². The van der Waals surface area contributed by atoms with E-state index < -0.39 is 6.04 Å². The first-order chi connectivity index (χ1) is 12.2. The van der Waals surface area contributed by atoms with Gasteiger partial charge in [0.05, 0.1) is 23.3 Å². The van der Waals surface area contributed by atoms with E-state index in [0.717, 1.165) is 21.5 Å². The van der Waals surface area contributed by atoms with Crippen LogP contribution in [0.1, 0.15) is 64.5 Å². The SMILES string of the molecule is COc1ccc([C@@H](C)N[C@H](C)C(=O)c2[nH]c(C)c(C(C)=O)c2C)cc1Br. The lowest BCUT2D eigenvalue weighted by Crippen LogP contribution is -2.36. The van der Waals surface area contributed by atoms with Gasteiger partial charge in [-0.1, -0.05) is 6.07 Å². The Kier molecular flexibility index (Phi) is 6.42. The van der Waals surface area contributed by atoms with Gasteiger partial charge in [-0.25, -0.2) is 0 Å². The van der Waals surface area contributed by atoms with Crippen molar-refractivity contribution in [2.45, 2.75) is 46.7 Å². The average molecular weight is 421 g/mol. The quantitative estimate of drug-likeness (QED) is 0.645. The maximum absolute atomic E-state index is 12.9. The minimum absolute atomic E-state index is 0.0280. The first kappa shape index (κ1) is 20.4. The summed E-state index contributed by atoms with van der Waals surface area (Å²) in [7, 11) is 1.62. The van der Waals surface area contributed by atoms with E-state index in [1.165, 1.54) is 6.92 Å². The van der Waals surface area contributed by atoms with Crippen LogP contribution in [0.2, 0.25) is 0 Å². The van der Waals surface area contributed by atoms with Gasteiger partial charge in [0.15, 0.2) is 11.6 Å². The predicted molar refractivity (Wildman–Crippen MR) is 106 cm³/mol. The number of Topliss-reactive ketones (excluding diaryl/α,β-unsaturated/α-hetero) is 2. The van der Waals surface area contributed by atoms with Crippen LogP contribution in [0.15, 0.2) is 22.7 Å². The molecular formula is C20H25BrN2O3. The molecule has 0 aliphatic carbocycles. The Morgan fingerprint density at radius 3 is 2.38 bits per heavy atom. The molecule has 1 aromatic heterocycles. The minimum Gasteiger partial charge on any atom is -0.496 e. The monoisotopic (exact) mass is 420 g/mol. The van der Waals surface area contributed by atoms with Crippen LogP contribution in [0.25, 0.3) is 0 Å². The van der Waals surface area contributed by atoms with Gasteiger partial charge in [-0.15, -0.1) is 0 Å². The standard InChI is InChI=1S/C20H25BrN2O3/c1-10-18(14(5)24)12(3)23-19(10)20(25)13(4)22-11(2)15-7-8-17(26-6)16(21)9-15/h7-9,11,13,22-23H,1-6H3/t11-,13-/m1/s1. The van der Waals surface area contributed by atoms with Crippen LogP contribution in [0.5, 0.6) is 5.75 Å². The highest BCUT2D eigenvalue weighted by Crippen LogP contribution is 2.28. The van der Waals surface area contributed by atoms with E-state index in [-0.39, 0.29) is 17.6 Å². The molecule has 0 bridgehead atoms. The molecule has 1 heterocycles. The second-order valence-electron chi connectivity index (χ2n) is 6.55. The number of rotatable bonds is 7. The summed E-state index contributed by atoms with van der Waals surface area (Å²) in [5, 5.41) is 3.33. The number of methoxy groups -OCH3 is 1. The number of hydrogen-bond acceptors (Lipinski definition) is 4. The number of benzene rings is 1. The number of ether oxygens (including phenoxy) is 1. The summed E-state index contributed by atoms with van der Waals surface area (Å²) in [6, 6.07) is 5.41. The summed E-state index contributed by atoms with van der Waals surface area (Å²) in [5.74, 6) is 0.671. The lowest BCUT2D eigenvalue weighted by Gasteiger charge is -2.20. The van der Waals surface area contributed by atoms with E-state index in [0.29, 0.717) is 16.8 Å². The fourth-order valence-electron chi connectivity index (χ4n) is 3.24. The summed E-state index contributed by atoms with van der Waals surface area (Å²) in [5.41, 5.74) is 3.59. The fraction of sp³-hybridized carbons (Fsp3) is 0.400. The second kappa shape index (κ2) is 8.18. The maximum Gasteiger partial charge on any atom is 0.195 e. The van der Waals surface area contributed by atoms with Crippen LogP contribution in [0.3, 0.4) is 0 Å². The highest BCUT2D eigenvalue weighted by atomic mass is 79.9. The maximum atomic E-state index is 12.9. The summed E-state index contributed by atoms with van der Waals surface area (Å²) in [4.78, 5) is 27.7. The molecule has 26 heavy (non-hydrogen) atoms. The number of H-pyrrole nitrogens is 1. The molecule has 0 aliphatic heterocycles. The van der Waals surface area contributed by atoms with Gasteiger partial charge in [-0.3, -0.25) is 9.59 Å². The molecule has 140 valence electrons. The molecule has 2 rings (SSSR count). The molecule has 2 atom stereocenters. The van der Waals surface area contributed by atoms with E-state index in [4.69, 9.17) is 4.74 Å². The van der Waals surface area contributed by atoms with Gasteiger partial charge in [0.25, 0.3) is 0 Å². The molecule has 2 aromatic rings. The number of nitrogens with one attached hydrogen (secondary N) is 2. The number of aromatic nitrogens is 1. The van der Waals surface area contributed by atoms with Crippen molar-refractivity contribution in [3.8, 4) is 5.75 Å². The molecule has 0 aliphatic rings. The van der Waals surface area contributed by atoms with E-state index in [1.807, 2.05) is 45.9 Å².